The summed E-state index contributed by atoms with van der Waals surface area (Å²) in [6, 6.07) is 3.96. The van der Waals surface area contributed by atoms with Gasteiger partial charge in [-0.05, 0) is 31.2 Å². The van der Waals surface area contributed by atoms with Gasteiger partial charge in [-0.2, -0.15) is 11.8 Å². The Morgan fingerprint density at radius 2 is 1.95 bits per heavy atom. The number of phenolic OH excluding ortho intramolecular Hbond substituents is 2. The van der Waals surface area contributed by atoms with E-state index < -0.39 is 0 Å². The summed E-state index contributed by atoms with van der Waals surface area (Å²) in [6.45, 7) is 4.76. The van der Waals surface area contributed by atoms with Crippen LogP contribution in [0.4, 0.5) is 0 Å². The minimum absolute atomic E-state index is 0.0300. The number of carbonyl (C=O) groups is 1. The molecule has 0 aliphatic carbocycles. The van der Waals surface area contributed by atoms with Crippen molar-refractivity contribution in [1.82, 2.24) is 5.32 Å². The van der Waals surface area contributed by atoms with Gasteiger partial charge < -0.3 is 15.5 Å². The van der Waals surface area contributed by atoms with Gasteiger partial charge in [0.1, 0.15) is 11.5 Å². The van der Waals surface area contributed by atoms with Gasteiger partial charge in [-0.15, -0.1) is 0 Å². The summed E-state index contributed by atoms with van der Waals surface area (Å²) in [5, 5.41) is 21.7. The summed E-state index contributed by atoms with van der Waals surface area (Å²) >= 11 is 1.74. The van der Waals surface area contributed by atoms with Gasteiger partial charge in [0.2, 0.25) is 0 Å². The topological polar surface area (TPSA) is 69.6 Å². The van der Waals surface area contributed by atoms with E-state index in [1.165, 1.54) is 12.1 Å². The van der Waals surface area contributed by atoms with Gasteiger partial charge in [-0.1, -0.05) is 13.8 Å². The third-order valence-electron chi connectivity index (χ3n) is 3.52. The van der Waals surface area contributed by atoms with Crippen molar-refractivity contribution < 1.29 is 15.0 Å². The first-order valence-electron chi connectivity index (χ1n) is 6.33. The van der Waals surface area contributed by atoms with E-state index in [4.69, 9.17) is 0 Å². The lowest BCUT2D eigenvalue weighted by Crippen LogP contribution is -2.39. The Labute approximate surface area is 118 Å². The quantitative estimate of drug-likeness (QED) is 0.751. The second-order valence-corrected chi connectivity index (χ2v) is 5.75. The maximum Gasteiger partial charge on any atom is 0.255 e. The number of carbonyl (C=O) groups excluding carboxylic acids is 1. The maximum atomic E-state index is 12.0. The van der Waals surface area contributed by atoms with Crippen molar-refractivity contribution in [2.75, 3.05) is 12.8 Å². The zero-order valence-electron chi connectivity index (χ0n) is 11.6. The van der Waals surface area contributed by atoms with Crippen molar-refractivity contribution in [2.45, 2.75) is 31.4 Å². The number of phenols is 2. The highest BCUT2D eigenvalue weighted by Gasteiger charge is 2.26. The van der Waals surface area contributed by atoms with Gasteiger partial charge in [0.15, 0.2) is 0 Å². The molecule has 0 saturated heterocycles. The van der Waals surface area contributed by atoms with Gasteiger partial charge >= 0.3 is 0 Å². The van der Waals surface area contributed by atoms with Crippen LogP contribution in [0.5, 0.6) is 11.5 Å². The molecule has 0 heterocycles. The average Bonchev–Trinajstić information content (AvgIpc) is 2.40. The van der Waals surface area contributed by atoms with Crippen molar-refractivity contribution in [3.63, 3.8) is 0 Å². The molecule has 0 atom stereocenters. The van der Waals surface area contributed by atoms with E-state index in [1.54, 1.807) is 11.8 Å². The molecular weight excluding hydrogens is 262 g/mol. The van der Waals surface area contributed by atoms with Crippen LogP contribution in [0.25, 0.3) is 0 Å². The van der Waals surface area contributed by atoms with E-state index in [1.807, 2.05) is 6.26 Å². The van der Waals surface area contributed by atoms with Crippen LogP contribution in [0.2, 0.25) is 0 Å². The molecule has 0 aromatic heterocycles. The number of aromatic hydroxyl groups is 2. The summed E-state index contributed by atoms with van der Waals surface area (Å²) < 4.78 is 0.0300. The fourth-order valence-electron chi connectivity index (χ4n) is 1.91. The fraction of sp³-hybridized carbons (Fsp3) is 0.500. The van der Waals surface area contributed by atoms with Crippen LogP contribution in [0.1, 0.15) is 37.0 Å². The minimum atomic E-state index is -0.321. The summed E-state index contributed by atoms with van der Waals surface area (Å²) in [4.78, 5) is 12.0. The molecule has 1 aromatic rings. The molecule has 1 aromatic carbocycles. The van der Waals surface area contributed by atoms with Crippen LogP contribution in [0, 0.1) is 0 Å². The number of amides is 1. The number of hydrogen-bond acceptors (Lipinski definition) is 4. The molecule has 5 heteroatoms. The second-order valence-electron chi connectivity index (χ2n) is 4.48. The van der Waals surface area contributed by atoms with Crippen molar-refractivity contribution in [1.29, 1.82) is 0 Å². The molecule has 0 saturated carbocycles. The third kappa shape index (κ3) is 3.80. The molecule has 0 fully saturated rings. The molecule has 0 radical (unpaired) electrons. The normalized spacial score (nSPS) is 11.3. The number of rotatable bonds is 6. The predicted molar refractivity (Wildman–Crippen MR) is 78.9 cm³/mol. The second kappa shape index (κ2) is 6.70. The summed E-state index contributed by atoms with van der Waals surface area (Å²) in [5.74, 6) is -0.590. The molecule has 0 aliphatic rings. The largest absolute Gasteiger partial charge is 0.508 e. The van der Waals surface area contributed by atoms with E-state index in [9.17, 15) is 15.0 Å². The van der Waals surface area contributed by atoms with Crippen molar-refractivity contribution in [3.8, 4) is 11.5 Å². The van der Waals surface area contributed by atoms with Gasteiger partial charge in [0.25, 0.3) is 5.91 Å². The Morgan fingerprint density at radius 3 is 2.42 bits per heavy atom. The van der Waals surface area contributed by atoms with Gasteiger partial charge in [0, 0.05) is 17.4 Å². The van der Waals surface area contributed by atoms with Crippen LogP contribution >= 0.6 is 11.8 Å². The van der Waals surface area contributed by atoms with E-state index >= 15 is 0 Å². The lowest BCUT2D eigenvalue weighted by molar-refractivity contribution is 0.0946. The minimum Gasteiger partial charge on any atom is -0.508 e. The van der Waals surface area contributed by atoms with Gasteiger partial charge in [-0.25, -0.2) is 0 Å². The average molecular weight is 283 g/mol. The standard InChI is InChI=1S/C14H21NO3S/c1-4-14(5-2,19-3)9-15-13(18)11-7-6-10(16)8-12(11)17/h6-8,16-17H,4-5,9H2,1-3H3,(H,15,18). The first-order valence-corrected chi connectivity index (χ1v) is 7.55. The van der Waals surface area contributed by atoms with E-state index in [-0.39, 0.29) is 27.7 Å². The van der Waals surface area contributed by atoms with Crippen LogP contribution in [0.15, 0.2) is 18.2 Å². The molecule has 3 N–H and O–H groups in total. The molecule has 0 spiro atoms. The SMILES string of the molecule is CCC(CC)(CNC(=O)c1ccc(O)cc1O)SC. The summed E-state index contributed by atoms with van der Waals surface area (Å²) in [6.07, 6.45) is 3.97. The molecule has 1 rings (SSSR count). The fourth-order valence-corrected chi connectivity index (χ4v) is 2.70. The van der Waals surface area contributed by atoms with E-state index in [0.717, 1.165) is 18.9 Å². The first-order chi connectivity index (χ1) is 8.98. The Balaban J connectivity index is 2.75. The molecule has 19 heavy (non-hydrogen) atoms. The number of hydrogen-bond donors (Lipinski definition) is 3. The molecule has 0 unspecified atom stereocenters. The highest BCUT2D eigenvalue weighted by atomic mass is 32.2. The van der Waals surface area contributed by atoms with Gasteiger partial charge in [-0.3, -0.25) is 4.79 Å². The smallest absolute Gasteiger partial charge is 0.255 e. The molecule has 4 nitrogen and oxygen atoms in total. The zero-order valence-corrected chi connectivity index (χ0v) is 12.4. The maximum absolute atomic E-state index is 12.0. The lowest BCUT2D eigenvalue weighted by atomic mass is 10.0. The molecule has 1 amide bonds. The Bertz CT molecular complexity index is 436. The number of thioether (sulfide) groups is 1. The third-order valence-corrected chi connectivity index (χ3v) is 5.11. The molecule has 0 bridgehead atoms. The van der Waals surface area contributed by atoms with Crippen LogP contribution < -0.4 is 5.32 Å². The van der Waals surface area contributed by atoms with Crippen LogP contribution in [-0.2, 0) is 0 Å². The van der Waals surface area contributed by atoms with Crippen LogP contribution in [0.3, 0.4) is 0 Å². The summed E-state index contributed by atoms with van der Waals surface area (Å²) in [5.41, 5.74) is 0.181. The van der Waals surface area contributed by atoms with E-state index in [0.29, 0.717) is 6.54 Å². The predicted octanol–water partition coefficient (Wildman–Crippen LogP) is 2.75. The Hall–Kier alpha value is -1.36. The highest BCUT2D eigenvalue weighted by molar-refractivity contribution is 8.00. The number of nitrogens with one attached hydrogen (secondary N) is 1. The van der Waals surface area contributed by atoms with E-state index in [2.05, 4.69) is 19.2 Å². The monoisotopic (exact) mass is 283 g/mol. The van der Waals surface area contributed by atoms with Crippen molar-refractivity contribution in [3.05, 3.63) is 23.8 Å². The first kappa shape index (κ1) is 15.7. The number of benzene rings is 1. The summed E-state index contributed by atoms with van der Waals surface area (Å²) in [7, 11) is 0. The molecule has 0 aliphatic heterocycles. The molecule has 106 valence electrons. The zero-order chi connectivity index (χ0) is 14.5. The van der Waals surface area contributed by atoms with Crippen molar-refractivity contribution in [2.24, 2.45) is 0 Å². The molecular formula is C14H21NO3S. The lowest BCUT2D eigenvalue weighted by Gasteiger charge is -2.29. The Kier molecular flexibility index (Phi) is 5.54. The van der Waals surface area contributed by atoms with Crippen molar-refractivity contribution >= 4 is 17.7 Å². The van der Waals surface area contributed by atoms with Crippen LogP contribution in [-0.4, -0.2) is 33.7 Å². The van der Waals surface area contributed by atoms with Gasteiger partial charge in [0.05, 0.1) is 5.56 Å². The Morgan fingerprint density at radius 1 is 1.32 bits per heavy atom. The highest BCUT2D eigenvalue weighted by Crippen LogP contribution is 2.30.